The lowest BCUT2D eigenvalue weighted by Gasteiger charge is -2.37. The predicted molar refractivity (Wildman–Crippen MR) is 132 cm³/mol. The van der Waals surface area contributed by atoms with Gasteiger partial charge >= 0.3 is 0 Å². The van der Waals surface area contributed by atoms with E-state index < -0.39 is 11.6 Å². The molecular weight excluding hydrogens is 456 g/mol. The van der Waals surface area contributed by atoms with Crippen LogP contribution in [-0.2, 0) is 6.42 Å². The van der Waals surface area contributed by atoms with Crippen molar-refractivity contribution < 1.29 is 22.6 Å². The lowest BCUT2D eigenvalue weighted by atomic mass is 9.69. The first-order valence-corrected chi connectivity index (χ1v) is 12.9. The van der Waals surface area contributed by atoms with Gasteiger partial charge in [-0.3, -0.25) is 9.09 Å². The summed E-state index contributed by atoms with van der Waals surface area (Å²) >= 11 is 0. The van der Waals surface area contributed by atoms with Crippen LogP contribution in [0, 0.1) is 29.4 Å². The molecule has 35 heavy (non-hydrogen) atoms. The Morgan fingerprint density at radius 3 is 2.03 bits per heavy atom. The smallest absolute Gasteiger partial charge is 0.167 e. The first-order valence-electron chi connectivity index (χ1n) is 12.9. The second-order valence-corrected chi connectivity index (χ2v) is 9.85. The number of nitrogens with zero attached hydrogens (tertiary/aromatic N) is 2. The van der Waals surface area contributed by atoms with Crippen LogP contribution >= 0.6 is 0 Å². The van der Waals surface area contributed by atoms with Crippen molar-refractivity contribution in [3.05, 3.63) is 53.6 Å². The van der Waals surface area contributed by atoms with Gasteiger partial charge in [0.1, 0.15) is 11.6 Å². The van der Waals surface area contributed by atoms with Gasteiger partial charge in [0.25, 0.3) is 0 Å². The third kappa shape index (κ3) is 8.76. The zero-order chi connectivity index (χ0) is 24.3. The summed E-state index contributed by atoms with van der Waals surface area (Å²) in [5.74, 6) is 2.88. The SMILES string of the molecule is CCCc1cnc(C2CCC(C3CCC(CCF)CC3)CC2)nc1.COc1ccc(F)cc1F.F. The van der Waals surface area contributed by atoms with E-state index in [1.165, 1.54) is 70.1 Å². The van der Waals surface area contributed by atoms with Gasteiger partial charge in [0.2, 0.25) is 0 Å². The Balaban J connectivity index is 0.000000332. The van der Waals surface area contributed by atoms with E-state index >= 15 is 0 Å². The third-order valence-electron chi connectivity index (χ3n) is 7.59. The first-order chi connectivity index (χ1) is 16.5. The molecule has 1 aromatic heterocycles. The number of halogens is 4. The molecule has 7 heteroatoms. The second kappa shape index (κ2) is 15.0. The van der Waals surface area contributed by atoms with Gasteiger partial charge in [-0.25, -0.2) is 18.7 Å². The highest BCUT2D eigenvalue weighted by molar-refractivity contribution is 5.24. The molecule has 0 saturated heterocycles. The lowest BCUT2D eigenvalue weighted by Crippen LogP contribution is -2.26. The molecule has 196 valence electrons. The standard InChI is InChI=1S/C21H33FN2.C7H6F2O.FH/c1-2-3-17-14-23-21(24-15-17)20-10-8-19(9-11-20)18-6-4-16(5-7-18)12-13-22;1-10-7-3-2-5(8)4-6(7)9;/h14-16,18-20H,2-13H2,1H3;2-4H,1H3;1H. The molecule has 1 aromatic carbocycles. The van der Waals surface area contributed by atoms with Gasteiger partial charge in [0.05, 0.1) is 13.8 Å². The molecule has 0 bridgehead atoms. The Hall–Kier alpha value is -2.18. The summed E-state index contributed by atoms with van der Waals surface area (Å²) in [4.78, 5) is 9.28. The molecule has 2 fully saturated rings. The molecular formula is C28H40F4N2O. The number of ether oxygens (including phenoxy) is 1. The van der Waals surface area contributed by atoms with Crippen LogP contribution in [0.4, 0.5) is 17.9 Å². The Labute approximate surface area is 207 Å². The predicted octanol–water partition coefficient (Wildman–Crippen LogP) is 7.99. The summed E-state index contributed by atoms with van der Waals surface area (Å²) in [5.41, 5.74) is 1.26. The van der Waals surface area contributed by atoms with E-state index in [0.29, 0.717) is 11.8 Å². The maximum atomic E-state index is 12.5. The minimum absolute atomic E-state index is 0. The number of hydrogen-bond donors (Lipinski definition) is 0. The van der Waals surface area contributed by atoms with Crippen molar-refractivity contribution in [2.75, 3.05) is 13.8 Å². The maximum absolute atomic E-state index is 12.5. The Morgan fingerprint density at radius 2 is 1.51 bits per heavy atom. The Kier molecular flexibility index (Phi) is 12.5. The highest BCUT2D eigenvalue weighted by Crippen LogP contribution is 2.43. The van der Waals surface area contributed by atoms with E-state index in [4.69, 9.17) is 0 Å². The van der Waals surface area contributed by atoms with Gasteiger partial charge in [0, 0.05) is 24.4 Å². The number of methoxy groups -OCH3 is 1. The highest BCUT2D eigenvalue weighted by Gasteiger charge is 2.31. The number of aryl methyl sites for hydroxylation is 1. The van der Waals surface area contributed by atoms with Crippen molar-refractivity contribution in [3.8, 4) is 5.75 Å². The molecule has 2 aliphatic carbocycles. The molecule has 0 radical (unpaired) electrons. The molecule has 0 amide bonds. The van der Waals surface area contributed by atoms with Crippen molar-refractivity contribution >= 4 is 0 Å². The fourth-order valence-electron chi connectivity index (χ4n) is 5.59. The van der Waals surface area contributed by atoms with Crippen molar-refractivity contribution in [1.29, 1.82) is 0 Å². The number of alkyl halides is 1. The molecule has 0 spiro atoms. The topological polar surface area (TPSA) is 35.0 Å². The summed E-state index contributed by atoms with van der Waals surface area (Å²) in [6, 6.07) is 3.16. The molecule has 4 rings (SSSR count). The molecule has 2 aromatic rings. The van der Waals surface area contributed by atoms with Crippen LogP contribution in [-0.4, -0.2) is 23.8 Å². The minimum Gasteiger partial charge on any atom is -0.494 e. The van der Waals surface area contributed by atoms with Gasteiger partial charge in [-0.15, -0.1) is 0 Å². The van der Waals surface area contributed by atoms with E-state index in [1.807, 2.05) is 12.4 Å². The molecule has 1 heterocycles. The normalized spacial score (nSPS) is 24.0. The van der Waals surface area contributed by atoms with E-state index in [0.717, 1.165) is 49.1 Å². The van der Waals surface area contributed by atoms with Crippen LogP contribution in [0.15, 0.2) is 30.6 Å². The van der Waals surface area contributed by atoms with E-state index in [-0.39, 0.29) is 17.1 Å². The zero-order valence-corrected chi connectivity index (χ0v) is 21.0. The average molecular weight is 497 g/mol. The summed E-state index contributed by atoms with van der Waals surface area (Å²) in [7, 11) is 1.33. The van der Waals surface area contributed by atoms with Crippen molar-refractivity contribution in [1.82, 2.24) is 9.97 Å². The molecule has 0 N–H and O–H groups in total. The van der Waals surface area contributed by atoms with E-state index in [2.05, 4.69) is 21.6 Å². The number of rotatable bonds is 7. The van der Waals surface area contributed by atoms with Gasteiger partial charge in [0.15, 0.2) is 11.6 Å². The molecule has 3 nitrogen and oxygen atoms in total. The molecule has 0 atom stereocenters. The van der Waals surface area contributed by atoms with Crippen LogP contribution < -0.4 is 4.74 Å². The van der Waals surface area contributed by atoms with Gasteiger partial charge in [-0.05, 0) is 86.8 Å². The van der Waals surface area contributed by atoms with Gasteiger partial charge < -0.3 is 4.74 Å². The number of benzene rings is 1. The summed E-state index contributed by atoms with van der Waals surface area (Å²) in [5, 5.41) is 0. The summed E-state index contributed by atoms with van der Waals surface area (Å²) < 4.78 is 41.7. The van der Waals surface area contributed by atoms with Crippen LogP contribution in [0.2, 0.25) is 0 Å². The molecule has 0 aliphatic heterocycles. The van der Waals surface area contributed by atoms with Crippen molar-refractivity contribution in [2.45, 2.75) is 83.5 Å². The fraction of sp³-hybridized carbons (Fsp3) is 0.643. The lowest BCUT2D eigenvalue weighted by molar-refractivity contribution is 0.152. The summed E-state index contributed by atoms with van der Waals surface area (Å²) in [6.07, 6.45) is 17.5. The molecule has 2 aliphatic rings. The van der Waals surface area contributed by atoms with Gasteiger partial charge in [-0.2, -0.15) is 0 Å². The fourth-order valence-corrected chi connectivity index (χ4v) is 5.59. The molecule has 2 saturated carbocycles. The van der Waals surface area contributed by atoms with E-state index in [9.17, 15) is 13.2 Å². The minimum atomic E-state index is -0.678. The third-order valence-corrected chi connectivity index (χ3v) is 7.59. The first kappa shape index (κ1) is 29.1. The number of hydrogen-bond acceptors (Lipinski definition) is 3. The van der Waals surface area contributed by atoms with Crippen molar-refractivity contribution in [2.24, 2.45) is 17.8 Å². The van der Waals surface area contributed by atoms with Crippen molar-refractivity contribution in [3.63, 3.8) is 0 Å². The summed E-state index contributed by atoms with van der Waals surface area (Å²) in [6.45, 7) is 2.07. The van der Waals surface area contributed by atoms with E-state index in [1.54, 1.807) is 0 Å². The number of aromatic nitrogens is 2. The monoisotopic (exact) mass is 496 g/mol. The van der Waals surface area contributed by atoms with Crippen LogP contribution in [0.5, 0.6) is 5.75 Å². The average Bonchev–Trinajstić information content (AvgIpc) is 2.86. The largest absolute Gasteiger partial charge is 0.494 e. The highest BCUT2D eigenvalue weighted by atomic mass is 19.1. The molecule has 0 unspecified atom stereocenters. The van der Waals surface area contributed by atoms with Crippen LogP contribution in [0.1, 0.15) is 88.4 Å². The van der Waals surface area contributed by atoms with Crippen LogP contribution in [0.3, 0.4) is 0 Å². The second-order valence-electron chi connectivity index (χ2n) is 9.85. The zero-order valence-electron chi connectivity index (χ0n) is 21.0. The maximum Gasteiger partial charge on any atom is 0.167 e. The Bertz CT molecular complexity index is 849. The van der Waals surface area contributed by atoms with Gasteiger partial charge in [-0.1, -0.05) is 26.2 Å². The van der Waals surface area contributed by atoms with Crippen LogP contribution in [0.25, 0.3) is 0 Å². The Morgan fingerprint density at radius 1 is 0.914 bits per heavy atom. The quantitative estimate of drug-likeness (QED) is 0.364.